The van der Waals surface area contributed by atoms with E-state index in [2.05, 4.69) is 20.5 Å². The third-order valence-corrected chi connectivity index (χ3v) is 4.97. The Morgan fingerprint density at radius 2 is 1.96 bits per heavy atom. The van der Waals surface area contributed by atoms with Gasteiger partial charge < -0.3 is 11.1 Å². The lowest BCUT2D eigenvalue weighted by atomic mass is 10.2. The summed E-state index contributed by atoms with van der Waals surface area (Å²) in [5, 5.41) is 9.34. The van der Waals surface area contributed by atoms with Gasteiger partial charge in [0.25, 0.3) is 0 Å². The predicted molar refractivity (Wildman–Crippen MR) is 91.8 cm³/mol. The van der Waals surface area contributed by atoms with Crippen molar-refractivity contribution in [3.8, 4) is 11.4 Å². The Labute approximate surface area is 140 Å². The molecule has 0 atom stereocenters. The van der Waals surface area contributed by atoms with Crippen LogP contribution in [-0.4, -0.2) is 41.0 Å². The van der Waals surface area contributed by atoms with Crippen molar-refractivity contribution in [3.63, 3.8) is 0 Å². The Morgan fingerprint density at radius 1 is 1.29 bits per heavy atom. The van der Waals surface area contributed by atoms with Crippen LogP contribution < -0.4 is 11.1 Å². The highest BCUT2D eigenvalue weighted by atomic mass is 32.2. The Kier molecular flexibility index (Phi) is 5.68. The number of carbonyl (C=O) groups excluding carboxylic acids is 1. The highest BCUT2D eigenvalue weighted by molar-refractivity contribution is 7.92. The molecule has 0 unspecified atom stereocenters. The summed E-state index contributed by atoms with van der Waals surface area (Å²) in [6.07, 6.45) is 0. The predicted octanol–water partition coefficient (Wildman–Crippen LogP) is 0.940. The molecule has 0 saturated carbocycles. The number of anilines is 1. The molecule has 0 aliphatic heterocycles. The molecule has 1 aromatic heterocycles. The van der Waals surface area contributed by atoms with E-state index in [1.54, 1.807) is 38.1 Å². The van der Waals surface area contributed by atoms with Crippen LogP contribution in [-0.2, 0) is 21.2 Å². The van der Waals surface area contributed by atoms with Crippen molar-refractivity contribution in [1.82, 2.24) is 15.2 Å². The lowest BCUT2D eigenvalue weighted by molar-refractivity contribution is -0.113. The minimum absolute atomic E-state index is 0.00629. The number of nitrogens with zero attached hydrogens (tertiary/aromatic N) is 2. The zero-order chi connectivity index (χ0) is 17.7. The number of nitrogens with one attached hydrogen (secondary N) is 2. The molecule has 0 aliphatic carbocycles. The average Bonchev–Trinajstić information content (AvgIpc) is 2.94. The second-order valence-electron chi connectivity index (χ2n) is 5.88. The summed E-state index contributed by atoms with van der Waals surface area (Å²) in [6.45, 7) is 3.87. The Morgan fingerprint density at radius 3 is 2.50 bits per heavy atom. The number of sulfone groups is 1. The Bertz CT molecular complexity index is 797. The molecule has 24 heavy (non-hydrogen) atoms. The molecule has 0 fully saturated rings. The molecule has 0 aliphatic rings. The number of H-pyrrole nitrogens is 1. The molecule has 130 valence electrons. The lowest BCUT2D eigenvalue weighted by Gasteiger charge is -2.08. The van der Waals surface area contributed by atoms with Crippen LogP contribution in [0.1, 0.15) is 19.7 Å². The molecule has 1 aromatic carbocycles. The summed E-state index contributed by atoms with van der Waals surface area (Å²) < 4.78 is 23.6. The molecule has 0 spiro atoms. The number of nitrogens with two attached hydrogens (primary N) is 1. The zero-order valence-corrected chi connectivity index (χ0v) is 14.4. The van der Waals surface area contributed by atoms with E-state index in [1.165, 1.54) is 0 Å². The molecule has 2 aromatic rings. The number of benzene rings is 1. The van der Waals surface area contributed by atoms with Crippen LogP contribution in [0.25, 0.3) is 11.4 Å². The third-order valence-electron chi connectivity index (χ3n) is 3.09. The molecule has 1 amide bonds. The molecular weight excluding hydrogens is 330 g/mol. The van der Waals surface area contributed by atoms with Crippen LogP contribution in [0.2, 0.25) is 0 Å². The number of hydrogen-bond donors (Lipinski definition) is 3. The summed E-state index contributed by atoms with van der Waals surface area (Å²) in [7, 11) is -3.40. The summed E-state index contributed by atoms with van der Waals surface area (Å²) in [4.78, 5) is 16.1. The fourth-order valence-electron chi connectivity index (χ4n) is 2.18. The van der Waals surface area contributed by atoms with Crippen molar-refractivity contribution in [2.45, 2.75) is 20.4 Å². The van der Waals surface area contributed by atoms with Gasteiger partial charge in [0.15, 0.2) is 15.7 Å². The quantitative estimate of drug-likeness (QED) is 0.680. The first-order valence-electron chi connectivity index (χ1n) is 7.51. The minimum Gasteiger partial charge on any atom is -0.325 e. The van der Waals surface area contributed by atoms with Crippen LogP contribution in [0.3, 0.4) is 0 Å². The van der Waals surface area contributed by atoms with Gasteiger partial charge >= 0.3 is 0 Å². The van der Waals surface area contributed by atoms with E-state index >= 15 is 0 Å². The van der Waals surface area contributed by atoms with Crippen molar-refractivity contribution in [2.24, 2.45) is 11.7 Å². The number of rotatable bonds is 7. The van der Waals surface area contributed by atoms with Gasteiger partial charge in [-0.05, 0) is 30.2 Å². The molecule has 9 heteroatoms. The normalized spacial score (nSPS) is 11.7. The van der Waals surface area contributed by atoms with E-state index in [4.69, 9.17) is 5.73 Å². The van der Waals surface area contributed by atoms with Crippen LogP contribution in [0.15, 0.2) is 24.3 Å². The van der Waals surface area contributed by atoms with E-state index in [-0.39, 0.29) is 18.2 Å². The van der Waals surface area contributed by atoms with Crippen LogP contribution in [0.5, 0.6) is 0 Å². The van der Waals surface area contributed by atoms with Gasteiger partial charge in [0.05, 0.1) is 12.3 Å². The van der Waals surface area contributed by atoms with E-state index in [0.29, 0.717) is 17.3 Å². The SMILES string of the molecule is CC(C)CS(=O)(=O)CC(=O)Nc1ccc(-c2n[nH]c(CN)n2)cc1. The maximum absolute atomic E-state index is 11.9. The number of amides is 1. The smallest absolute Gasteiger partial charge is 0.239 e. The van der Waals surface area contributed by atoms with Crippen molar-refractivity contribution < 1.29 is 13.2 Å². The van der Waals surface area contributed by atoms with Gasteiger partial charge in [-0.3, -0.25) is 9.89 Å². The number of aromatic nitrogens is 3. The van der Waals surface area contributed by atoms with Crippen molar-refractivity contribution in [1.29, 1.82) is 0 Å². The van der Waals surface area contributed by atoms with E-state index in [1.807, 2.05) is 0 Å². The first kappa shape index (κ1) is 18.1. The second-order valence-corrected chi connectivity index (χ2v) is 7.99. The van der Waals surface area contributed by atoms with Gasteiger partial charge in [0.1, 0.15) is 11.6 Å². The Balaban J connectivity index is 1.99. The maximum atomic E-state index is 11.9. The molecule has 8 nitrogen and oxygen atoms in total. The van der Waals surface area contributed by atoms with Crippen molar-refractivity contribution in [3.05, 3.63) is 30.1 Å². The van der Waals surface area contributed by atoms with Gasteiger partial charge in [-0.2, -0.15) is 5.10 Å². The topological polar surface area (TPSA) is 131 Å². The average molecular weight is 351 g/mol. The van der Waals surface area contributed by atoms with Gasteiger partial charge in [-0.25, -0.2) is 13.4 Å². The third kappa shape index (κ3) is 5.14. The summed E-state index contributed by atoms with van der Waals surface area (Å²) in [5.74, 6) is 0.000563. The second kappa shape index (κ2) is 7.54. The molecule has 2 rings (SSSR count). The maximum Gasteiger partial charge on any atom is 0.239 e. The van der Waals surface area contributed by atoms with Gasteiger partial charge in [0.2, 0.25) is 5.91 Å². The summed E-state index contributed by atoms with van der Waals surface area (Å²) in [5.41, 5.74) is 6.74. The molecular formula is C15H21N5O3S. The summed E-state index contributed by atoms with van der Waals surface area (Å²) in [6, 6.07) is 6.81. The van der Waals surface area contributed by atoms with Crippen LogP contribution in [0, 0.1) is 5.92 Å². The van der Waals surface area contributed by atoms with Crippen molar-refractivity contribution in [2.75, 3.05) is 16.8 Å². The first-order chi connectivity index (χ1) is 11.3. The molecule has 1 heterocycles. The molecule has 0 saturated heterocycles. The fourth-order valence-corrected chi connectivity index (χ4v) is 3.79. The highest BCUT2D eigenvalue weighted by Crippen LogP contribution is 2.18. The van der Waals surface area contributed by atoms with Crippen molar-refractivity contribution >= 4 is 21.4 Å². The largest absolute Gasteiger partial charge is 0.325 e. The molecule has 0 radical (unpaired) electrons. The van der Waals surface area contributed by atoms with Crippen LogP contribution in [0.4, 0.5) is 5.69 Å². The summed E-state index contributed by atoms with van der Waals surface area (Å²) >= 11 is 0. The van der Waals surface area contributed by atoms with E-state index in [0.717, 1.165) is 5.56 Å². The van der Waals surface area contributed by atoms with Crippen LogP contribution >= 0.6 is 0 Å². The lowest BCUT2D eigenvalue weighted by Crippen LogP contribution is -2.26. The Hall–Kier alpha value is -2.26. The number of hydrogen-bond acceptors (Lipinski definition) is 6. The monoisotopic (exact) mass is 351 g/mol. The fraction of sp³-hybridized carbons (Fsp3) is 0.400. The highest BCUT2D eigenvalue weighted by Gasteiger charge is 2.18. The van der Waals surface area contributed by atoms with Gasteiger partial charge in [-0.15, -0.1) is 0 Å². The number of aromatic amines is 1. The van der Waals surface area contributed by atoms with E-state index < -0.39 is 21.5 Å². The molecule has 4 N–H and O–H groups in total. The first-order valence-corrected chi connectivity index (χ1v) is 9.33. The number of carbonyl (C=O) groups is 1. The minimum atomic E-state index is -3.40. The van der Waals surface area contributed by atoms with E-state index in [9.17, 15) is 13.2 Å². The van der Waals surface area contributed by atoms with Gasteiger partial charge in [0, 0.05) is 11.3 Å². The van der Waals surface area contributed by atoms with Gasteiger partial charge in [-0.1, -0.05) is 13.8 Å². The molecule has 0 bridgehead atoms. The standard InChI is InChI=1S/C15H21N5O3S/c1-10(2)8-24(22,23)9-14(21)17-12-5-3-11(4-6-12)15-18-13(7-16)19-20-15/h3-6,10H,7-9,16H2,1-2H3,(H,17,21)(H,18,19,20). The zero-order valence-electron chi connectivity index (χ0n) is 13.6.